The molecule has 1 unspecified atom stereocenters. The van der Waals surface area contributed by atoms with Crippen molar-refractivity contribution < 1.29 is 48.6 Å². The van der Waals surface area contributed by atoms with Crippen molar-refractivity contribution in [3.05, 3.63) is 191 Å². The molecule has 0 fully saturated rings. The van der Waals surface area contributed by atoms with Crippen molar-refractivity contribution in [1.82, 2.24) is 26.7 Å². The number of aliphatic carboxylic acids is 1. The van der Waals surface area contributed by atoms with E-state index >= 15 is 0 Å². The number of carboxylic acids is 1. The molecule has 0 spiro atoms. The molecule has 0 bridgehead atoms. The van der Waals surface area contributed by atoms with Crippen LogP contribution in [0.3, 0.4) is 0 Å². The molecule has 6 atom stereocenters. The van der Waals surface area contributed by atoms with Crippen LogP contribution in [0.2, 0.25) is 0 Å². The summed E-state index contributed by atoms with van der Waals surface area (Å²) in [5.74, 6) is -1.51. The number of amides is 5. The number of rotatable bonds is 26. The monoisotopic (exact) mass is 1130 g/mol. The second-order valence-electron chi connectivity index (χ2n) is 23.4. The highest BCUT2D eigenvalue weighted by molar-refractivity contribution is 5.92. The molecule has 5 amide bonds. The van der Waals surface area contributed by atoms with Gasteiger partial charge < -0.3 is 35.8 Å². The number of carbonyl (C=O) groups is 6. The standard InChI is InChI=1S/C34H43N3O5.C34H42N2O5/c1-23-21-25(19-20-29(23)42-28-17-10-7-11-18-28)13-12-16-27(22-30(38)37-41)32(39)36-31(34(3,4)5)33(40)35-24(2)26-14-8-6-9-15-26;1-23-21-25(19-20-29(23)41-28-17-10-7-11-18-28)13-12-16-27(22-30(37)38)32(39)36-31(34(3,4)5)33(40)35-24(2)26-14-8-6-9-15-26/h6-11,14-15,17-21,24,27,31,41H,12-13,16,22H2,1-5H3,(H,35,40)(H,36,39)(H,37,38);6-11,14-15,17-21,24,27,31H,12-13,16,22H2,1-5H3,(H,35,40)(H,36,39)(H,37,38)/t24?,27-,31-;24-,27-,31-/m11/s1. The van der Waals surface area contributed by atoms with Crippen LogP contribution in [0.1, 0.15) is 139 Å². The van der Waals surface area contributed by atoms with Crippen LogP contribution in [0.15, 0.2) is 158 Å². The third-order valence-corrected chi connectivity index (χ3v) is 14.3. The van der Waals surface area contributed by atoms with Gasteiger partial charge in [0.2, 0.25) is 29.5 Å². The highest BCUT2D eigenvalue weighted by Gasteiger charge is 2.37. The summed E-state index contributed by atoms with van der Waals surface area (Å²) in [6.45, 7) is 19.0. The Kier molecular flexibility index (Phi) is 25.1. The van der Waals surface area contributed by atoms with Crippen LogP contribution in [-0.4, -0.2) is 57.9 Å². The molecule has 0 heterocycles. The molecule has 15 heteroatoms. The van der Waals surface area contributed by atoms with Gasteiger partial charge in [-0.15, -0.1) is 0 Å². The third-order valence-electron chi connectivity index (χ3n) is 14.3. The molecule has 83 heavy (non-hydrogen) atoms. The smallest absolute Gasteiger partial charge is 0.304 e. The highest BCUT2D eigenvalue weighted by atomic mass is 16.5. The molecular formula is C68H85N5O10. The van der Waals surface area contributed by atoms with Gasteiger partial charge in [0.25, 0.3) is 0 Å². The lowest BCUT2D eigenvalue weighted by molar-refractivity contribution is -0.142. The first-order valence-corrected chi connectivity index (χ1v) is 28.5. The number of aryl methyl sites for hydroxylation is 4. The van der Waals surface area contributed by atoms with E-state index in [1.807, 2.05) is 215 Å². The largest absolute Gasteiger partial charge is 0.481 e. The van der Waals surface area contributed by atoms with E-state index in [-0.39, 0.29) is 36.7 Å². The van der Waals surface area contributed by atoms with E-state index in [4.69, 9.17) is 14.7 Å². The number of benzene rings is 6. The van der Waals surface area contributed by atoms with Gasteiger partial charge in [-0.25, -0.2) is 5.48 Å². The van der Waals surface area contributed by atoms with Crippen LogP contribution in [-0.2, 0) is 41.6 Å². The Labute approximate surface area is 490 Å². The molecule has 6 aromatic rings. The molecule has 6 rings (SSSR count). The van der Waals surface area contributed by atoms with E-state index in [1.165, 1.54) is 0 Å². The molecular weight excluding hydrogens is 1050 g/mol. The summed E-state index contributed by atoms with van der Waals surface area (Å²) >= 11 is 0. The van der Waals surface area contributed by atoms with Crippen molar-refractivity contribution in [2.24, 2.45) is 22.7 Å². The average molecular weight is 1130 g/mol. The number of carbonyl (C=O) groups excluding carboxylic acids is 5. The highest BCUT2D eigenvalue weighted by Crippen LogP contribution is 2.30. The van der Waals surface area contributed by atoms with Crippen molar-refractivity contribution in [2.45, 2.75) is 145 Å². The minimum Gasteiger partial charge on any atom is -0.481 e. The predicted molar refractivity (Wildman–Crippen MR) is 324 cm³/mol. The molecule has 0 aliphatic heterocycles. The quantitative estimate of drug-likeness (QED) is 0.0201. The summed E-state index contributed by atoms with van der Waals surface area (Å²) in [6, 6.07) is 48.2. The fraction of sp³-hybridized carbons (Fsp3) is 0.382. The second-order valence-corrected chi connectivity index (χ2v) is 23.4. The molecule has 0 radical (unpaired) electrons. The number of carboxylic acid groups (broad SMARTS) is 1. The molecule has 442 valence electrons. The van der Waals surface area contributed by atoms with Crippen molar-refractivity contribution in [1.29, 1.82) is 0 Å². The average Bonchev–Trinajstić information content (AvgIpc) is 3.54. The van der Waals surface area contributed by atoms with Gasteiger partial charge in [0, 0.05) is 18.3 Å². The zero-order valence-corrected chi connectivity index (χ0v) is 49.8. The van der Waals surface area contributed by atoms with Crippen molar-refractivity contribution >= 4 is 35.5 Å². The zero-order chi connectivity index (χ0) is 60.7. The van der Waals surface area contributed by atoms with Crippen LogP contribution in [0.25, 0.3) is 0 Å². The second kappa shape index (κ2) is 31.8. The zero-order valence-electron chi connectivity index (χ0n) is 49.8. The first-order chi connectivity index (χ1) is 39.4. The molecule has 6 aromatic carbocycles. The minimum atomic E-state index is -1.04. The van der Waals surface area contributed by atoms with E-state index < -0.39 is 58.4 Å². The number of hydroxylamine groups is 1. The Bertz CT molecular complexity index is 3030. The predicted octanol–water partition coefficient (Wildman–Crippen LogP) is 12.6. The van der Waals surface area contributed by atoms with Crippen LogP contribution < -0.4 is 36.2 Å². The van der Waals surface area contributed by atoms with Gasteiger partial charge >= 0.3 is 5.97 Å². The van der Waals surface area contributed by atoms with Crippen molar-refractivity contribution in [2.75, 3.05) is 0 Å². The Balaban J connectivity index is 0.000000304. The fourth-order valence-electron chi connectivity index (χ4n) is 9.55. The molecule has 0 saturated heterocycles. The van der Waals surface area contributed by atoms with E-state index in [2.05, 4.69) is 33.4 Å². The summed E-state index contributed by atoms with van der Waals surface area (Å²) in [5, 5.41) is 30.4. The fourth-order valence-corrected chi connectivity index (χ4v) is 9.55. The van der Waals surface area contributed by atoms with Gasteiger partial charge in [0.15, 0.2) is 0 Å². The molecule has 0 aromatic heterocycles. The van der Waals surface area contributed by atoms with Gasteiger partial charge in [-0.3, -0.25) is 34.0 Å². The Morgan fingerprint density at radius 3 is 1.14 bits per heavy atom. The van der Waals surface area contributed by atoms with Crippen LogP contribution in [0.4, 0.5) is 0 Å². The Morgan fingerprint density at radius 1 is 0.470 bits per heavy atom. The summed E-state index contributed by atoms with van der Waals surface area (Å²) in [7, 11) is 0. The van der Waals surface area contributed by atoms with Crippen molar-refractivity contribution in [3.8, 4) is 23.0 Å². The number of hydrogen-bond donors (Lipinski definition) is 7. The number of ether oxygens (including phenoxy) is 2. The number of para-hydroxylation sites is 2. The lowest BCUT2D eigenvalue weighted by Crippen LogP contribution is -2.55. The Hall–Kier alpha value is -8.30. The summed E-state index contributed by atoms with van der Waals surface area (Å²) < 4.78 is 11.9. The maximum Gasteiger partial charge on any atom is 0.304 e. The molecule has 7 N–H and O–H groups in total. The lowest BCUT2D eigenvalue weighted by atomic mass is 9.85. The summed E-state index contributed by atoms with van der Waals surface area (Å²) in [5.41, 5.74) is 6.54. The van der Waals surface area contributed by atoms with E-state index in [0.29, 0.717) is 38.5 Å². The molecule has 15 nitrogen and oxygen atoms in total. The van der Waals surface area contributed by atoms with E-state index in [0.717, 1.165) is 56.4 Å². The lowest BCUT2D eigenvalue weighted by Gasteiger charge is -2.32. The minimum absolute atomic E-state index is 0.190. The maximum absolute atomic E-state index is 13.5. The third kappa shape index (κ3) is 21.8. The maximum atomic E-state index is 13.5. The van der Waals surface area contributed by atoms with Gasteiger partial charge in [0.05, 0.1) is 18.5 Å². The first-order valence-electron chi connectivity index (χ1n) is 28.5. The topological polar surface area (TPSA) is 221 Å². The van der Waals surface area contributed by atoms with Gasteiger partial charge in [-0.2, -0.15) is 0 Å². The van der Waals surface area contributed by atoms with Gasteiger partial charge in [-0.05, 0) is 147 Å². The summed E-state index contributed by atoms with van der Waals surface area (Å²) in [6.07, 6.45) is 2.94. The van der Waals surface area contributed by atoms with Crippen molar-refractivity contribution in [3.63, 3.8) is 0 Å². The SMILES string of the molecule is Cc1cc(CCC[C@H](CC(=O)NO)C(=O)N[C@H](C(=O)NC(C)c2ccccc2)C(C)(C)C)ccc1Oc1ccccc1.Cc1cc(CCC[C@H](CC(=O)O)C(=O)N[C@H](C(=O)N[C@H](C)c2ccccc2)C(C)(C)C)ccc1Oc1ccccc1. The van der Waals surface area contributed by atoms with Crippen LogP contribution >= 0.6 is 0 Å². The molecule has 0 saturated carbocycles. The Morgan fingerprint density at radius 2 is 0.819 bits per heavy atom. The molecule has 0 aliphatic rings. The normalized spacial score (nSPS) is 13.4. The molecule has 0 aliphatic carbocycles. The first kappa shape index (κ1) is 65.5. The van der Waals surface area contributed by atoms with Crippen LogP contribution in [0.5, 0.6) is 23.0 Å². The number of hydrogen-bond acceptors (Lipinski definition) is 9. The van der Waals surface area contributed by atoms with Gasteiger partial charge in [0.1, 0.15) is 35.1 Å². The van der Waals surface area contributed by atoms with E-state index in [1.54, 1.807) is 5.48 Å². The van der Waals surface area contributed by atoms with Gasteiger partial charge in [-0.1, -0.05) is 163 Å². The summed E-state index contributed by atoms with van der Waals surface area (Å²) in [4.78, 5) is 77.1. The van der Waals surface area contributed by atoms with Crippen LogP contribution in [0, 0.1) is 36.5 Å². The van der Waals surface area contributed by atoms with E-state index in [9.17, 15) is 33.9 Å². The number of nitrogens with one attached hydrogen (secondary N) is 5.